The summed E-state index contributed by atoms with van der Waals surface area (Å²) < 4.78 is 45.6. The predicted octanol–water partition coefficient (Wildman–Crippen LogP) is 4.73. The lowest BCUT2D eigenvalue weighted by molar-refractivity contribution is -0.137. The molecule has 158 valence electrons. The van der Waals surface area contributed by atoms with Gasteiger partial charge in [0, 0.05) is 31.0 Å². The number of furan rings is 1. The highest BCUT2D eigenvalue weighted by molar-refractivity contribution is 5.63. The van der Waals surface area contributed by atoms with Gasteiger partial charge in [-0.05, 0) is 18.2 Å². The van der Waals surface area contributed by atoms with Gasteiger partial charge in [-0.25, -0.2) is 4.98 Å². The number of nitrogens with one attached hydrogen (secondary N) is 1. The fourth-order valence-electron chi connectivity index (χ4n) is 3.68. The summed E-state index contributed by atoms with van der Waals surface area (Å²) in [5, 5.41) is 0. The lowest BCUT2D eigenvalue weighted by Crippen LogP contribution is -2.35. The Morgan fingerprint density at radius 1 is 1.20 bits per heavy atom. The topological polar surface area (TPSA) is 62.1 Å². The number of nitrogens with zero attached hydrogens (tertiary/aromatic N) is 2. The van der Waals surface area contributed by atoms with Crippen LogP contribution >= 0.6 is 0 Å². The second-order valence-corrected chi connectivity index (χ2v) is 7.80. The van der Waals surface area contributed by atoms with Crippen LogP contribution in [0.5, 0.6) is 0 Å². The maximum Gasteiger partial charge on any atom is 0.417 e. The molecule has 8 heteroatoms. The van der Waals surface area contributed by atoms with E-state index in [1.54, 1.807) is 18.2 Å². The molecule has 0 amide bonds. The maximum absolute atomic E-state index is 13.3. The van der Waals surface area contributed by atoms with Crippen molar-refractivity contribution in [3.8, 4) is 11.3 Å². The Kier molecular flexibility index (Phi) is 5.27. The highest BCUT2D eigenvalue weighted by atomic mass is 19.4. The minimum atomic E-state index is -4.46. The average Bonchev–Trinajstić information content (AvgIpc) is 3.16. The molecule has 0 fully saturated rings. The first-order chi connectivity index (χ1) is 14.2. The molecule has 1 aromatic carbocycles. The van der Waals surface area contributed by atoms with Gasteiger partial charge in [-0.2, -0.15) is 13.2 Å². The van der Waals surface area contributed by atoms with Gasteiger partial charge in [-0.3, -0.25) is 9.69 Å². The van der Waals surface area contributed by atoms with Crippen molar-refractivity contribution >= 4 is 0 Å². The molecule has 0 radical (unpaired) electrons. The second kappa shape index (κ2) is 7.75. The van der Waals surface area contributed by atoms with Crippen LogP contribution in [0.4, 0.5) is 13.2 Å². The molecule has 2 aromatic heterocycles. The van der Waals surface area contributed by atoms with E-state index >= 15 is 0 Å². The summed E-state index contributed by atoms with van der Waals surface area (Å²) in [6.45, 7) is 5.47. The Hall–Kier alpha value is -2.87. The largest absolute Gasteiger partial charge is 0.460 e. The number of aromatic nitrogens is 2. The number of benzene rings is 1. The van der Waals surface area contributed by atoms with E-state index in [0.717, 1.165) is 11.8 Å². The molecular formula is C22H22F3N3O2. The van der Waals surface area contributed by atoms with Crippen molar-refractivity contribution in [2.75, 3.05) is 6.54 Å². The molecule has 0 atom stereocenters. The molecule has 0 bridgehead atoms. The lowest BCUT2D eigenvalue weighted by Gasteiger charge is -2.27. The first-order valence-electron chi connectivity index (χ1n) is 9.82. The van der Waals surface area contributed by atoms with Crippen molar-refractivity contribution in [1.29, 1.82) is 0 Å². The number of fused-ring (bicyclic) bond motifs is 1. The molecule has 30 heavy (non-hydrogen) atoms. The number of rotatable bonds is 4. The summed E-state index contributed by atoms with van der Waals surface area (Å²) in [4.78, 5) is 21.9. The highest BCUT2D eigenvalue weighted by Crippen LogP contribution is 2.37. The van der Waals surface area contributed by atoms with Crippen LogP contribution in [0.1, 0.15) is 48.2 Å². The summed E-state index contributed by atoms with van der Waals surface area (Å²) >= 11 is 0. The van der Waals surface area contributed by atoms with E-state index in [-0.39, 0.29) is 22.8 Å². The van der Waals surface area contributed by atoms with Crippen LogP contribution in [0, 0.1) is 0 Å². The van der Waals surface area contributed by atoms with Crippen molar-refractivity contribution in [3.63, 3.8) is 0 Å². The molecule has 0 spiro atoms. The zero-order valence-electron chi connectivity index (χ0n) is 16.7. The van der Waals surface area contributed by atoms with Crippen molar-refractivity contribution in [1.82, 2.24) is 14.9 Å². The number of aromatic amines is 1. The fraction of sp³-hybridized carbons (Fsp3) is 0.364. The molecule has 1 aliphatic heterocycles. The SMILES string of the molecule is CC(C)c1nc2c(c(=O)[nH]1)CN(Cc1ccc(-c3ccccc3C(F)(F)F)o1)CC2. The van der Waals surface area contributed by atoms with E-state index in [1.807, 2.05) is 18.7 Å². The smallest absolute Gasteiger partial charge is 0.417 e. The molecule has 1 N–H and O–H groups in total. The number of H-pyrrole nitrogens is 1. The normalized spacial score (nSPS) is 14.9. The zero-order chi connectivity index (χ0) is 21.5. The first-order valence-corrected chi connectivity index (χ1v) is 9.82. The molecule has 3 aromatic rings. The van der Waals surface area contributed by atoms with E-state index in [4.69, 9.17) is 4.42 Å². The van der Waals surface area contributed by atoms with Crippen LogP contribution in [-0.4, -0.2) is 21.4 Å². The lowest BCUT2D eigenvalue weighted by atomic mass is 10.1. The molecule has 5 nitrogen and oxygen atoms in total. The number of hydrogen-bond acceptors (Lipinski definition) is 4. The molecule has 0 unspecified atom stereocenters. The second-order valence-electron chi connectivity index (χ2n) is 7.80. The van der Waals surface area contributed by atoms with Crippen LogP contribution in [0.25, 0.3) is 11.3 Å². The Labute approximate surface area is 171 Å². The van der Waals surface area contributed by atoms with E-state index in [2.05, 4.69) is 9.97 Å². The quantitative estimate of drug-likeness (QED) is 0.667. The zero-order valence-corrected chi connectivity index (χ0v) is 16.7. The summed E-state index contributed by atoms with van der Waals surface area (Å²) in [7, 11) is 0. The summed E-state index contributed by atoms with van der Waals surface area (Å²) in [6, 6.07) is 8.60. The van der Waals surface area contributed by atoms with Gasteiger partial charge in [-0.15, -0.1) is 0 Å². The fourth-order valence-corrected chi connectivity index (χ4v) is 3.68. The van der Waals surface area contributed by atoms with E-state index < -0.39 is 11.7 Å². The monoisotopic (exact) mass is 417 g/mol. The third kappa shape index (κ3) is 4.05. The molecule has 1 aliphatic rings. The number of hydrogen-bond donors (Lipinski definition) is 1. The summed E-state index contributed by atoms with van der Waals surface area (Å²) in [6.07, 6.45) is -3.81. The van der Waals surface area contributed by atoms with E-state index in [0.29, 0.717) is 43.2 Å². The van der Waals surface area contributed by atoms with E-state index in [1.165, 1.54) is 12.1 Å². The third-order valence-corrected chi connectivity index (χ3v) is 5.25. The predicted molar refractivity (Wildman–Crippen MR) is 106 cm³/mol. The standard InChI is InChI=1S/C22H22F3N3O2/c1-13(2)20-26-18-9-10-28(12-16(18)21(29)27-20)11-14-7-8-19(30-14)15-5-3-4-6-17(15)22(23,24)25/h3-8,13H,9-12H2,1-2H3,(H,26,27,29). The van der Waals surface area contributed by atoms with Gasteiger partial charge in [0.1, 0.15) is 17.3 Å². The van der Waals surface area contributed by atoms with Crippen molar-refractivity contribution in [2.45, 2.75) is 45.5 Å². The molecular weight excluding hydrogens is 395 g/mol. The minimum Gasteiger partial charge on any atom is -0.460 e. The molecule has 0 saturated carbocycles. The summed E-state index contributed by atoms with van der Waals surface area (Å²) in [5.41, 5.74) is 0.615. The van der Waals surface area contributed by atoms with Crippen LogP contribution in [-0.2, 0) is 25.7 Å². The van der Waals surface area contributed by atoms with E-state index in [9.17, 15) is 18.0 Å². The van der Waals surface area contributed by atoms with Gasteiger partial charge >= 0.3 is 6.18 Å². The van der Waals surface area contributed by atoms with Gasteiger partial charge in [0.05, 0.1) is 23.4 Å². The minimum absolute atomic E-state index is 0.0158. The number of alkyl halides is 3. The van der Waals surface area contributed by atoms with Crippen LogP contribution in [0.15, 0.2) is 45.6 Å². The van der Waals surface area contributed by atoms with Gasteiger partial charge < -0.3 is 9.40 Å². The third-order valence-electron chi connectivity index (χ3n) is 5.25. The Balaban J connectivity index is 1.53. The Morgan fingerprint density at radius 3 is 2.70 bits per heavy atom. The van der Waals surface area contributed by atoms with Crippen LogP contribution < -0.4 is 5.56 Å². The van der Waals surface area contributed by atoms with Crippen LogP contribution in [0.3, 0.4) is 0 Å². The maximum atomic E-state index is 13.3. The van der Waals surface area contributed by atoms with Crippen molar-refractivity contribution in [2.24, 2.45) is 0 Å². The van der Waals surface area contributed by atoms with Crippen molar-refractivity contribution in [3.05, 3.63) is 75.2 Å². The number of halogens is 3. The average molecular weight is 417 g/mol. The van der Waals surface area contributed by atoms with Gasteiger partial charge in [0.15, 0.2) is 0 Å². The molecule has 0 saturated heterocycles. The first kappa shape index (κ1) is 20.4. The van der Waals surface area contributed by atoms with Gasteiger partial charge in [0.2, 0.25) is 0 Å². The summed E-state index contributed by atoms with van der Waals surface area (Å²) in [5.74, 6) is 1.55. The Bertz CT molecular complexity index is 1120. The molecule has 0 aliphatic carbocycles. The van der Waals surface area contributed by atoms with Gasteiger partial charge in [0.25, 0.3) is 5.56 Å². The van der Waals surface area contributed by atoms with Crippen LogP contribution in [0.2, 0.25) is 0 Å². The van der Waals surface area contributed by atoms with Gasteiger partial charge in [-0.1, -0.05) is 32.0 Å². The molecule has 3 heterocycles. The Morgan fingerprint density at radius 2 is 1.97 bits per heavy atom. The van der Waals surface area contributed by atoms with Crippen molar-refractivity contribution < 1.29 is 17.6 Å². The molecule has 4 rings (SSSR count). The highest BCUT2D eigenvalue weighted by Gasteiger charge is 2.34.